The number of rotatable bonds is 6. The Morgan fingerprint density at radius 1 is 1.08 bits per heavy atom. The SMILES string of the molecule is CN=C(NCc1cccc(OC)c1OC)N(C)Cc1ccc(C)cc1. The molecular weight excluding hydrogens is 314 g/mol. The Morgan fingerprint density at radius 2 is 1.80 bits per heavy atom. The van der Waals surface area contributed by atoms with E-state index in [0.717, 1.165) is 29.6 Å². The second kappa shape index (κ2) is 8.97. The molecule has 0 radical (unpaired) electrons. The van der Waals surface area contributed by atoms with Crippen molar-refractivity contribution in [3.8, 4) is 11.5 Å². The monoisotopic (exact) mass is 341 g/mol. The van der Waals surface area contributed by atoms with E-state index in [1.165, 1.54) is 11.1 Å². The lowest BCUT2D eigenvalue weighted by Crippen LogP contribution is -2.38. The predicted molar refractivity (Wildman–Crippen MR) is 102 cm³/mol. The molecule has 2 aromatic rings. The molecule has 0 bridgehead atoms. The highest BCUT2D eigenvalue weighted by Crippen LogP contribution is 2.30. The van der Waals surface area contributed by atoms with E-state index in [4.69, 9.17) is 9.47 Å². The van der Waals surface area contributed by atoms with E-state index in [0.29, 0.717) is 6.54 Å². The van der Waals surface area contributed by atoms with Crippen molar-refractivity contribution < 1.29 is 9.47 Å². The van der Waals surface area contributed by atoms with Gasteiger partial charge in [-0.2, -0.15) is 0 Å². The van der Waals surface area contributed by atoms with Crippen molar-refractivity contribution in [2.45, 2.75) is 20.0 Å². The lowest BCUT2D eigenvalue weighted by Gasteiger charge is -2.23. The number of nitrogens with one attached hydrogen (secondary N) is 1. The highest BCUT2D eigenvalue weighted by atomic mass is 16.5. The van der Waals surface area contributed by atoms with Crippen LogP contribution in [0.5, 0.6) is 11.5 Å². The average molecular weight is 341 g/mol. The van der Waals surface area contributed by atoms with Gasteiger partial charge < -0.3 is 19.7 Å². The number of aliphatic imine (C=N–C) groups is 1. The number of para-hydroxylation sites is 1. The third-order valence-electron chi connectivity index (χ3n) is 4.04. The highest BCUT2D eigenvalue weighted by molar-refractivity contribution is 5.79. The second-order valence-electron chi connectivity index (χ2n) is 5.90. The van der Waals surface area contributed by atoms with Crippen LogP contribution in [0.15, 0.2) is 47.5 Å². The molecule has 0 amide bonds. The standard InChI is InChI=1S/C20H27N3O2/c1-15-9-11-16(12-10-15)14-23(3)20(21-2)22-13-17-7-6-8-18(24-4)19(17)25-5/h6-12H,13-14H2,1-5H3,(H,21,22). The fourth-order valence-corrected chi connectivity index (χ4v) is 2.69. The summed E-state index contributed by atoms with van der Waals surface area (Å²) in [6, 6.07) is 14.4. The van der Waals surface area contributed by atoms with Crippen LogP contribution in [0.1, 0.15) is 16.7 Å². The van der Waals surface area contributed by atoms with Crippen LogP contribution in [0.25, 0.3) is 0 Å². The number of aryl methyl sites for hydroxylation is 1. The number of nitrogens with zero attached hydrogens (tertiary/aromatic N) is 2. The molecule has 134 valence electrons. The summed E-state index contributed by atoms with van der Waals surface area (Å²) >= 11 is 0. The predicted octanol–water partition coefficient (Wildman–Crippen LogP) is 3.22. The minimum Gasteiger partial charge on any atom is -0.493 e. The maximum absolute atomic E-state index is 5.48. The van der Waals surface area contributed by atoms with Gasteiger partial charge in [-0.1, -0.05) is 42.0 Å². The summed E-state index contributed by atoms with van der Waals surface area (Å²) in [4.78, 5) is 6.47. The van der Waals surface area contributed by atoms with Gasteiger partial charge in [0, 0.05) is 32.7 Å². The van der Waals surface area contributed by atoms with Crippen LogP contribution in [-0.2, 0) is 13.1 Å². The molecule has 0 aliphatic rings. The van der Waals surface area contributed by atoms with Crippen LogP contribution >= 0.6 is 0 Å². The van der Waals surface area contributed by atoms with Crippen LogP contribution in [-0.4, -0.2) is 39.2 Å². The summed E-state index contributed by atoms with van der Waals surface area (Å²) in [6.45, 7) is 3.48. The van der Waals surface area contributed by atoms with E-state index in [1.54, 1.807) is 21.3 Å². The van der Waals surface area contributed by atoms with Crippen LogP contribution in [0.2, 0.25) is 0 Å². The molecule has 0 heterocycles. The maximum atomic E-state index is 5.48. The molecule has 2 rings (SSSR count). The molecule has 5 heteroatoms. The van der Waals surface area contributed by atoms with Crippen molar-refractivity contribution in [1.29, 1.82) is 0 Å². The summed E-state index contributed by atoms with van der Waals surface area (Å²) in [5, 5.41) is 3.38. The van der Waals surface area contributed by atoms with Gasteiger partial charge in [-0.05, 0) is 18.6 Å². The first kappa shape index (κ1) is 18.6. The van der Waals surface area contributed by atoms with Gasteiger partial charge in [-0.25, -0.2) is 0 Å². The molecule has 0 spiro atoms. The molecule has 0 unspecified atom stereocenters. The third-order valence-corrected chi connectivity index (χ3v) is 4.04. The maximum Gasteiger partial charge on any atom is 0.193 e. The van der Waals surface area contributed by atoms with Crippen molar-refractivity contribution >= 4 is 5.96 Å². The molecule has 0 fully saturated rings. The topological polar surface area (TPSA) is 46.1 Å². The first-order chi connectivity index (χ1) is 12.1. The first-order valence-electron chi connectivity index (χ1n) is 8.26. The van der Waals surface area contributed by atoms with Gasteiger partial charge >= 0.3 is 0 Å². The number of ether oxygens (including phenoxy) is 2. The Hall–Kier alpha value is -2.69. The molecule has 0 aliphatic heterocycles. The van der Waals surface area contributed by atoms with Gasteiger partial charge in [-0.15, -0.1) is 0 Å². The quantitative estimate of drug-likeness (QED) is 0.647. The zero-order chi connectivity index (χ0) is 18.2. The summed E-state index contributed by atoms with van der Waals surface area (Å²) < 4.78 is 10.8. The normalized spacial score (nSPS) is 11.2. The molecule has 0 saturated heterocycles. The third kappa shape index (κ3) is 4.89. The van der Waals surface area contributed by atoms with E-state index in [2.05, 4.69) is 46.4 Å². The van der Waals surface area contributed by atoms with E-state index >= 15 is 0 Å². The zero-order valence-corrected chi connectivity index (χ0v) is 15.7. The van der Waals surface area contributed by atoms with Gasteiger partial charge in [0.25, 0.3) is 0 Å². The molecular formula is C20H27N3O2. The average Bonchev–Trinajstić information content (AvgIpc) is 2.63. The fraction of sp³-hybridized carbons (Fsp3) is 0.350. The largest absolute Gasteiger partial charge is 0.493 e. The van der Waals surface area contributed by atoms with Gasteiger partial charge in [0.05, 0.1) is 14.2 Å². The molecule has 5 nitrogen and oxygen atoms in total. The van der Waals surface area contributed by atoms with E-state index in [1.807, 2.05) is 25.2 Å². The number of hydrogen-bond acceptors (Lipinski definition) is 3. The Bertz CT molecular complexity index is 711. The van der Waals surface area contributed by atoms with Gasteiger partial charge in [0.2, 0.25) is 0 Å². The van der Waals surface area contributed by atoms with Crippen molar-refractivity contribution in [3.63, 3.8) is 0 Å². The van der Waals surface area contributed by atoms with Crippen molar-refractivity contribution in [3.05, 3.63) is 59.2 Å². The molecule has 2 aromatic carbocycles. The molecule has 0 atom stereocenters. The summed E-state index contributed by atoms with van der Waals surface area (Å²) in [5.74, 6) is 2.30. The van der Waals surface area contributed by atoms with E-state index in [9.17, 15) is 0 Å². The number of hydrogen-bond donors (Lipinski definition) is 1. The summed E-state index contributed by atoms with van der Waals surface area (Å²) in [7, 11) is 7.11. The minimum absolute atomic E-state index is 0.602. The van der Waals surface area contributed by atoms with E-state index < -0.39 is 0 Å². The van der Waals surface area contributed by atoms with Crippen LogP contribution in [0, 0.1) is 6.92 Å². The Labute approximate surface area is 150 Å². The zero-order valence-electron chi connectivity index (χ0n) is 15.7. The van der Waals surface area contributed by atoms with Crippen molar-refractivity contribution in [2.24, 2.45) is 4.99 Å². The summed E-state index contributed by atoms with van der Waals surface area (Å²) in [6.07, 6.45) is 0. The number of methoxy groups -OCH3 is 2. The van der Waals surface area contributed by atoms with Crippen LogP contribution in [0.3, 0.4) is 0 Å². The highest BCUT2D eigenvalue weighted by Gasteiger charge is 2.11. The van der Waals surface area contributed by atoms with Gasteiger partial charge in [-0.3, -0.25) is 4.99 Å². The lowest BCUT2D eigenvalue weighted by molar-refractivity contribution is 0.351. The molecule has 0 aliphatic carbocycles. The lowest BCUT2D eigenvalue weighted by atomic mass is 10.1. The second-order valence-corrected chi connectivity index (χ2v) is 5.90. The smallest absolute Gasteiger partial charge is 0.193 e. The van der Waals surface area contributed by atoms with Crippen molar-refractivity contribution in [1.82, 2.24) is 10.2 Å². The van der Waals surface area contributed by atoms with Gasteiger partial charge in [0.15, 0.2) is 17.5 Å². The van der Waals surface area contributed by atoms with Gasteiger partial charge in [0.1, 0.15) is 0 Å². The Balaban J connectivity index is 2.04. The molecule has 25 heavy (non-hydrogen) atoms. The Morgan fingerprint density at radius 3 is 2.40 bits per heavy atom. The van der Waals surface area contributed by atoms with Crippen LogP contribution < -0.4 is 14.8 Å². The first-order valence-corrected chi connectivity index (χ1v) is 8.26. The van der Waals surface area contributed by atoms with Crippen molar-refractivity contribution in [2.75, 3.05) is 28.3 Å². The van der Waals surface area contributed by atoms with E-state index in [-0.39, 0.29) is 0 Å². The molecule has 0 saturated carbocycles. The fourth-order valence-electron chi connectivity index (χ4n) is 2.69. The number of guanidine groups is 1. The van der Waals surface area contributed by atoms with Crippen LogP contribution in [0.4, 0.5) is 0 Å². The molecule has 0 aromatic heterocycles. The Kier molecular flexibility index (Phi) is 6.69. The molecule has 1 N–H and O–H groups in total. The number of benzene rings is 2. The summed E-state index contributed by atoms with van der Waals surface area (Å²) in [5.41, 5.74) is 3.53. The minimum atomic E-state index is 0.602.